The maximum atomic E-state index is 4.23. The van der Waals surface area contributed by atoms with Crippen LogP contribution in [0.15, 0.2) is 24.3 Å². The number of benzene rings is 1. The van der Waals surface area contributed by atoms with E-state index in [0.717, 1.165) is 6.54 Å². The standard InChI is InChI=1S/C21H33N/c1-6-7-10-19-13-17(4)18(5)14-20(19)15-22-12-9-8-11-21(22)16(2)3/h13-14,21H,2,6-12,15H2,1,3-5H3. The summed E-state index contributed by atoms with van der Waals surface area (Å²) in [5, 5.41) is 0. The topological polar surface area (TPSA) is 3.24 Å². The molecule has 0 aliphatic carbocycles. The summed E-state index contributed by atoms with van der Waals surface area (Å²) in [6.45, 7) is 15.5. The molecule has 1 aromatic rings. The average Bonchev–Trinajstić information content (AvgIpc) is 2.49. The minimum absolute atomic E-state index is 0.578. The van der Waals surface area contributed by atoms with E-state index in [2.05, 4.69) is 51.3 Å². The van der Waals surface area contributed by atoms with Crippen molar-refractivity contribution in [3.05, 3.63) is 46.5 Å². The zero-order valence-electron chi connectivity index (χ0n) is 15.0. The van der Waals surface area contributed by atoms with Gasteiger partial charge in [-0.25, -0.2) is 0 Å². The van der Waals surface area contributed by atoms with Crippen LogP contribution in [0, 0.1) is 13.8 Å². The van der Waals surface area contributed by atoms with E-state index in [1.54, 1.807) is 11.1 Å². The summed E-state index contributed by atoms with van der Waals surface area (Å²) in [7, 11) is 0. The zero-order valence-corrected chi connectivity index (χ0v) is 15.0. The Morgan fingerprint density at radius 2 is 1.86 bits per heavy atom. The lowest BCUT2D eigenvalue weighted by Crippen LogP contribution is -2.39. The number of hydrogen-bond donors (Lipinski definition) is 0. The Balaban J connectivity index is 2.22. The minimum atomic E-state index is 0.578. The van der Waals surface area contributed by atoms with E-state index in [1.807, 2.05) is 0 Å². The first-order valence-corrected chi connectivity index (χ1v) is 9.01. The molecule has 2 rings (SSSR count). The van der Waals surface area contributed by atoms with Crippen molar-refractivity contribution < 1.29 is 0 Å². The maximum Gasteiger partial charge on any atom is 0.0305 e. The second kappa shape index (κ2) is 7.97. The second-order valence-electron chi connectivity index (χ2n) is 7.14. The fraction of sp³-hybridized carbons (Fsp3) is 0.619. The highest BCUT2D eigenvalue weighted by Crippen LogP contribution is 2.26. The van der Waals surface area contributed by atoms with Crippen LogP contribution in [0.5, 0.6) is 0 Å². The van der Waals surface area contributed by atoms with E-state index in [9.17, 15) is 0 Å². The van der Waals surface area contributed by atoms with Crippen molar-refractivity contribution in [2.75, 3.05) is 6.54 Å². The summed E-state index contributed by atoms with van der Waals surface area (Å²) < 4.78 is 0. The van der Waals surface area contributed by atoms with E-state index in [1.165, 1.54) is 61.8 Å². The van der Waals surface area contributed by atoms with Gasteiger partial charge in [-0.15, -0.1) is 0 Å². The van der Waals surface area contributed by atoms with Crippen molar-refractivity contribution in [1.29, 1.82) is 0 Å². The molecule has 1 unspecified atom stereocenters. The molecular formula is C21H33N. The molecule has 122 valence electrons. The summed E-state index contributed by atoms with van der Waals surface area (Å²) in [4.78, 5) is 2.66. The third kappa shape index (κ3) is 4.23. The fourth-order valence-corrected chi connectivity index (χ4v) is 3.64. The molecular weight excluding hydrogens is 266 g/mol. The molecule has 1 nitrogen and oxygen atoms in total. The lowest BCUT2D eigenvalue weighted by molar-refractivity contribution is 0.163. The van der Waals surface area contributed by atoms with Crippen molar-refractivity contribution in [3.63, 3.8) is 0 Å². The van der Waals surface area contributed by atoms with Gasteiger partial charge >= 0.3 is 0 Å². The Morgan fingerprint density at radius 1 is 1.18 bits per heavy atom. The fourth-order valence-electron chi connectivity index (χ4n) is 3.64. The van der Waals surface area contributed by atoms with Gasteiger partial charge in [0.25, 0.3) is 0 Å². The summed E-state index contributed by atoms with van der Waals surface area (Å²) in [6.07, 6.45) is 7.75. The normalized spacial score (nSPS) is 19.4. The molecule has 0 spiro atoms. The average molecular weight is 300 g/mol. The molecule has 0 radical (unpaired) electrons. The Kier molecular flexibility index (Phi) is 6.26. The van der Waals surface area contributed by atoms with Gasteiger partial charge in [0, 0.05) is 12.6 Å². The van der Waals surface area contributed by atoms with Crippen LogP contribution in [-0.4, -0.2) is 17.5 Å². The van der Waals surface area contributed by atoms with Gasteiger partial charge in [-0.3, -0.25) is 4.90 Å². The first-order chi connectivity index (χ1) is 10.5. The van der Waals surface area contributed by atoms with Crippen LogP contribution in [0.3, 0.4) is 0 Å². The highest BCUT2D eigenvalue weighted by molar-refractivity contribution is 5.37. The molecule has 1 aliphatic rings. The number of aryl methyl sites for hydroxylation is 3. The lowest BCUT2D eigenvalue weighted by Gasteiger charge is -2.36. The van der Waals surface area contributed by atoms with Crippen LogP contribution in [0.4, 0.5) is 0 Å². The van der Waals surface area contributed by atoms with Gasteiger partial charge in [0.05, 0.1) is 0 Å². The third-order valence-electron chi connectivity index (χ3n) is 5.17. The van der Waals surface area contributed by atoms with E-state index in [0.29, 0.717) is 6.04 Å². The zero-order chi connectivity index (χ0) is 16.1. The van der Waals surface area contributed by atoms with Crippen LogP contribution >= 0.6 is 0 Å². The molecule has 1 fully saturated rings. The predicted molar refractivity (Wildman–Crippen MR) is 97.4 cm³/mol. The van der Waals surface area contributed by atoms with Crippen LogP contribution in [0.1, 0.15) is 68.2 Å². The SMILES string of the molecule is C=C(C)C1CCCCN1Cc1cc(C)c(C)cc1CCCC. The number of hydrogen-bond acceptors (Lipinski definition) is 1. The van der Waals surface area contributed by atoms with Gasteiger partial charge in [0.2, 0.25) is 0 Å². The predicted octanol–water partition coefficient (Wildman–Crippen LogP) is 5.58. The van der Waals surface area contributed by atoms with Gasteiger partial charge in [0.1, 0.15) is 0 Å². The van der Waals surface area contributed by atoms with Gasteiger partial charge in [-0.1, -0.05) is 44.1 Å². The van der Waals surface area contributed by atoms with Crippen LogP contribution < -0.4 is 0 Å². The molecule has 0 N–H and O–H groups in total. The second-order valence-corrected chi connectivity index (χ2v) is 7.14. The first kappa shape index (κ1) is 17.3. The molecule has 1 aliphatic heterocycles. The number of unbranched alkanes of at least 4 members (excludes halogenated alkanes) is 1. The quantitative estimate of drug-likeness (QED) is 0.620. The summed E-state index contributed by atoms with van der Waals surface area (Å²) in [6, 6.07) is 5.44. The highest BCUT2D eigenvalue weighted by Gasteiger charge is 2.23. The van der Waals surface area contributed by atoms with E-state index < -0.39 is 0 Å². The molecule has 1 heterocycles. The molecule has 0 amide bonds. The largest absolute Gasteiger partial charge is 0.292 e. The molecule has 0 aromatic heterocycles. The maximum absolute atomic E-state index is 4.23. The van der Waals surface area contributed by atoms with Crippen molar-refractivity contribution in [2.24, 2.45) is 0 Å². The summed E-state index contributed by atoms with van der Waals surface area (Å²) in [5.41, 5.74) is 7.31. The molecule has 1 saturated heterocycles. The molecule has 1 atom stereocenters. The first-order valence-electron chi connectivity index (χ1n) is 9.01. The summed E-state index contributed by atoms with van der Waals surface area (Å²) in [5.74, 6) is 0. The lowest BCUT2D eigenvalue weighted by atomic mass is 9.93. The number of likely N-dealkylation sites (tertiary alicyclic amines) is 1. The third-order valence-corrected chi connectivity index (χ3v) is 5.17. The number of rotatable bonds is 6. The Bertz CT molecular complexity index is 515. The van der Waals surface area contributed by atoms with Crippen molar-refractivity contribution in [2.45, 2.75) is 78.8 Å². The number of piperidine rings is 1. The highest BCUT2D eigenvalue weighted by atomic mass is 15.2. The van der Waals surface area contributed by atoms with Crippen LogP contribution in [0.25, 0.3) is 0 Å². The monoisotopic (exact) mass is 299 g/mol. The van der Waals surface area contributed by atoms with Crippen molar-refractivity contribution in [3.8, 4) is 0 Å². The van der Waals surface area contributed by atoms with E-state index in [-0.39, 0.29) is 0 Å². The molecule has 1 heteroatoms. The Morgan fingerprint density at radius 3 is 2.50 bits per heavy atom. The minimum Gasteiger partial charge on any atom is -0.292 e. The van der Waals surface area contributed by atoms with Crippen molar-refractivity contribution in [1.82, 2.24) is 4.90 Å². The molecule has 0 bridgehead atoms. The van der Waals surface area contributed by atoms with E-state index >= 15 is 0 Å². The smallest absolute Gasteiger partial charge is 0.0305 e. The van der Waals surface area contributed by atoms with Gasteiger partial charge < -0.3 is 0 Å². The van der Waals surface area contributed by atoms with Gasteiger partial charge in [0.15, 0.2) is 0 Å². The van der Waals surface area contributed by atoms with Crippen LogP contribution in [-0.2, 0) is 13.0 Å². The Hall–Kier alpha value is -1.08. The molecule has 22 heavy (non-hydrogen) atoms. The summed E-state index contributed by atoms with van der Waals surface area (Å²) >= 11 is 0. The number of nitrogens with zero attached hydrogens (tertiary/aromatic N) is 1. The van der Waals surface area contributed by atoms with Gasteiger partial charge in [-0.05, 0) is 75.3 Å². The van der Waals surface area contributed by atoms with Crippen molar-refractivity contribution >= 4 is 0 Å². The Labute approximate surface area is 137 Å². The molecule has 1 aromatic carbocycles. The van der Waals surface area contributed by atoms with E-state index in [4.69, 9.17) is 0 Å². The molecule has 0 saturated carbocycles. The van der Waals surface area contributed by atoms with Gasteiger partial charge in [-0.2, -0.15) is 0 Å². The van der Waals surface area contributed by atoms with Crippen LogP contribution in [0.2, 0.25) is 0 Å².